The molecular weight excluding hydrogens is 691 g/mol. The van der Waals surface area contributed by atoms with E-state index in [1.165, 1.54) is 66.4 Å². The molecule has 1 aromatic heterocycles. The Morgan fingerprint density at radius 3 is 1.63 bits per heavy atom. The number of para-hydroxylation sites is 1. The van der Waals surface area contributed by atoms with Crippen LogP contribution in [-0.4, -0.2) is 0 Å². The Balaban J connectivity index is 1.31. The molecule has 0 aliphatic heterocycles. The summed E-state index contributed by atoms with van der Waals surface area (Å²) < 4.78 is 7.04. The predicted molar refractivity (Wildman–Crippen MR) is 240 cm³/mol. The SMILES string of the molecule is CC(C)(C)c1cc(N(c2cccc3c2-c2ccccc2C32c3ccccc3-c3ccccc32)c2cc3ccccc3c3c2oc2ccccc23)cc(C(C)(C)C)c1. The van der Waals surface area contributed by atoms with Crippen molar-refractivity contribution in [2.75, 3.05) is 4.90 Å². The average Bonchev–Trinajstić information content (AvgIpc) is 3.86. The van der Waals surface area contributed by atoms with Crippen LogP contribution in [0.4, 0.5) is 17.1 Å². The zero-order valence-corrected chi connectivity index (χ0v) is 33.4. The first-order valence-corrected chi connectivity index (χ1v) is 20.3. The number of rotatable bonds is 3. The Hall–Kier alpha value is -6.38. The maximum Gasteiger partial charge on any atom is 0.160 e. The average molecular weight is 736 g/mol. The van der Waals surface area contributed by atoms with Crippen LogP contribution in [0.25, 0.3) is 55.0 Å². The molecule has 0 saturated carbocycles. The van der Waals surface area contributed by atoms with Crippen molar-refractivity contribution < 1.29 is 4.42 Å². The van der Waals surface area contributed by atoms with Crippen molar-refractivity contribution >= 4 is 49.8 Å². The summed E-state index contributed by atoms with van der Waals surface area (Å²) in [4.78, 5) is 2.53. The van der Waals surface area contributed by atoms with E-state index in [4.69, 9.17) is 4.42 Å². The van der Waals surface area contributed by atoms with Crippen LogP contribution in [0.3, 0.4) is 0 Å². The zero-order chi connectivity index (χ0) is 38.8. The Morgan fingerprint density at radius 2 is 0.982 bits per heavy atom. The Labute approximate surface area is 335 Å². The number of nitrogens with zero attached hydrogens (tertiary/aromatic N) is 1. The van der Waals surface area contributed by atoms with Gasteiger partial charge in [0, 0.05) is 22.0 Å². The number of hydrogen-bond acceptors (Lipinski definition) is 2. The zero-order valence-electron chi connectivity index (χ0n) is 33.4. The molecule has 0 bridgehead atoms. The molecule has 1 heterocycles. The van der Waals surface area contributed by atoms with Crippen molar-refractivity contribution in [1.82, 2.24) is 0 Å². The van der Waals surface area contributed by atoms with Gasteiger partial charge in [-0.1, -0.05) is 175 Å². The number of hydrogen-bond donors (Lipinski definition) is 0. The molecule has 1 spiro atoms. The number of furan rings is 1. The van der Waals surface area contributed by atoms with E-state index in [-0.39, 0.29) is 10.8 Å². The highest BCUT2D eigenvalue weighted by molar-refractivity contribution is 6.23. The third-order valence-electron chi connectivity index (χ3n) is 12.7. The molecule has 8 aromatic carbocycles. The predicted octanol–water partition coefficient (Wildman–Crippen LogP) is 15.1. The first-order valence-electron chi connectivity index (χ1n) is 20.3. The standard InChI is InChI=1S/C55H45NO/c1-53(2,3)35-31-36(54(4,5)6)33-37(32-35)56(48-30-34-18-7-8-19-38(34)50-42-23-12-16-29-49(42)57-52(48)50)47-28-17-27-46-51(47)41-22-11-15-26-45(41)55(46)43-24-13-9-20-39(43)40-21-10-14-25-44(40)55/h7-33H,1-6H3. The molecule has 0 atom stereocenters. The van der Waals surface area contributed by atoms with Gasteiger partial charge in [0.25, 0.3) is 0 Å². The maximum atomic E-state index is 7.04. The molecule has 2 heteroatoms. The van der Waals surface area contributed by atoms with Crippen LogP contribution >= 0.6 is 0 Å². The van der Waals surface area contributed by atoms with Crippen LogP contribution in [0.1, 0.15) is 74.9 Å². The summed E-state index contributed by atoms with van der Waals surface area (Å²) in [5, 5.41) is 4.66. The lowest BCUT2D eigenvalue weighted by molar-refractivity contribution is 0.569. The van der Waals surface area contributed by atoms with Gasteiger partial charge in [-0.25, -0.2) is 0 Å². The molecule has 9 aromatic rings. The van der Waals surface area contributed by atoms with E-state index in [1.54, 1.807) is 0 Å². The Morgan fingerprint density at radius 1 is 0.456 bits per heavy atom. The molecule has 0 N–H and O–H groups in total. The lowest BCUT2D eigenvalue weighted by atomic mass is 9.70. The first-order chi connectivity index (χ1) is 27.5. The van der Waals surface area contributed by atoms with Crippen LogP contribution in [0, 0.1) is 0 Å². The second kappa shape index (κ2) is 11.8. The van der Waals surface area contributed by atoms with Crippen molar-refractivity contribution in [3.8, 4) is 22.3 Å². The molecule has 11 rings (SSSR count). The van der Waals surface area contributed by atoms with Gasteiger partial charge in [0.05, 0.1) is 16.8 Å². The topological polar surface area (TPSA) is 16.4 Å². The van der Waals surface area contributed by atoms with Crippen LogP contribution in [-0.2, 0) is 16.2 Å². The van der Waals surface area contributed by atoms with Crippen LogP contribution < -0.4 is 4.90 Å². The minimum absolute atomic E-state index is 0.0771. The molecule has 0 amide bonds. The minimum atomic E-state index is -0.456. The van der Waals surface area contributed by atoms with Crippen molar-refractivity contribution in [2.24, 2.45) is 0 Å². The fraction of sp³-hybridized carbons (Fsp3) is 0.164. The molecular formula is C55H45NO. The van der Waals surface area contributed by atoms with Gasteiger partial charge in [0.1, 0.15) is 5.58 Å². The van der Waals surface area contributed by atoms with Gasteiger partial charge >= 0.3 is 0 Å². The van der Waals surface area contributed by atoms with E-state index in [0.717, 1.165) is 39.0 Å². The summed E-state index contributed by atoms with van der Waals surface area (Å²) in [7, 11) is 0. The van der Waals surface area contributed by atoms with Crippen LogP contribution in [0.2, 0.25) is 0 Å². The van der Waals surface area contributed by atoms with Gasteiger partial charge in [0.15, 0.2) is 5.58 Å². The molecule has 2 aliphatic carbocycles. The van der Waals surface area contributed by atoms with Gasteiger partial charge in [0.2, 0.25) is 0 Å². The first kappa shape index (κ1) is 33.9. The lowest BCUT2D eigenvalue weighted by Crippen LogP contribution is -2.26. The number of benzene rings is 8. The van der Waals surface area contributed by atoms with E-state index >= 15 is 0 Å². The summed E-state index contributed by atoms with van der Waals surface area (Å²) >= 11 is 0. The third kappa shape index (κ3) is 4.71. The van der Waals surface area contributed by atoms with Crippen molar-refractivity contribution in [1.29, 1.82) is 0 Å². The highest BCUT2D eigenvalue weighted by atomic mass is 16.3. The van der Waals surface area contributed by atoms with Gasteiger partial charge in [-0.3, -0.25) is 0 Å². The van der Waals surface area contributed by atoms with Crippen molar-refractivity contribution in [3.05, 3.63) is 197 Å². The maximum absolute atomic E-state index is 7.04. The second-order valence-electron chi connectivity index (χ2n) is 18.1. The molecule has 0 unspecified atom stereocenters. The highest BCUT2D eigenvalue weighted by Crippen LogP contribution is 2.65. The molecule has 2 aliphatic rings. The third-order valence-corrected chi connectivity index (χ3v) is 12.7. The van der Waals surface area contributed by atoms with Crippen molar-refractivity contribution in [2.45, 2.75) is 57.8 Å². The summed E-state index contributed by atoms with van der Waals surface area (Å²) in [6.07, 6.45) is 0. The van der Waals surface area contributed by atoms with Gasteiger partial charge in [-0.15, -0.1) is 0 Å². The monoisotopic (exact) mass is 735 g/mol. The van der Waals surface area contributed by atoms with E-state index < -0.39 is 5.41 Å². The second-order valence-corrected chi connectivity index (χ2v) is 18.1. The summed E-state index contributed by atoms with van der Waals surface area (Å²) in [6, 6.07) is 61.2. The van der Waals surface area contributed by atoms with E-state index in [2.05, 4.69) is 210 Å². The number of fused-ring (bicyclic) bond motifs is 15. The highest BCUT2D eigenvalue weighted by Gasteiger charge is 2.52. The van der Waals surface area contributed by atoms with Crippen molar-refractivity contribution in [3.63, 3.8) is 0 Å². The van der Waals surface area contributed by atoms with Gasteiger partial charge in [-0.2, -0.15) is 0 Å². The van der Waals surface area contributed by atoms with Crippen LogP contribution in [0.5, 0.6) is 0 Å². The van der Waals surface area contributed by atoms with E-state index in [9.17, 15) is 0 Å². The van der Waals surface area contributed by atoms with Gasteiger partial charge in [-0.05, 0) is 102 Å². The molecule has 2 nitrogen and oxygen atoms in total. The molecule has 0 radical (unpaired) electrons. The Bertz CT molecular complexity index is 3030. The quantitative estimate of drug-likeness (QED) is 0.180. The lowest BCUT2D eigenvalue weighted by Gasteiger charge is -2.33. The molecule has 0 saturated heterocycles. The molecule has 0 fully saturated rings. The summed E-state index contributed by atoms with van der Waals surface area (Å²) in [5.41, 5.74) is 17.6. The van der Waals surface area contributed by atoms with Gasteiger partial charge < -0.3 is 9.32 Å². The smallest absolute Gasteiger partial charge is 0.160 e. The van der Waals surface area contributed by atoms with E-state index in [0.29, 0.717) is 0 Å². The van der Waals surface area contributed by atoms with Crippen LogP contribution in [0.15, 0.2) is 168 Å². The number of anilines is 3. The normalized spacial score (nSPS) is 13.9. The molecule has 57 heavy (non-hydrogen) atoms. The van der Waals surface area contributed by atoms with E-state index in [1.807, 2.05) is 0 Å². The Kier molecular flexibility index (Phi) is 7.03. The minimum Gasteiger partial charge on any atom is -0.454 e. The fourth-order valence-electron chi connectivity index (χ4n) is 10.0. The largest absolute Gasteiger partial charge is 0.454 e. The summed E-state index contributed by atoms with van der Waals surface area (Å²) in [6.45, 7) is 13.9. The fourth-order valence-corrected chi connectivity index (χ4v) is 10.0. The molecule has 276 valence electrons. The summed E-state index contributed by atoms with van der Waals surface area (Å²) in [5.74, 6) is 0.